The molecule has 1 amide bonds. The summed E-state index contributed by atoms with van der Waals surface area (Å²) in [6.07, 6.45) is 2.85. The lowest BCUT2D eigenvalue weighted by Crippen LogP contribution is -2.42. The third kappa shape index (κ3) is 8.85. The summed E-state index contributed by atoms with van der Waals surface area (Å²) in [5.41, 5.74) is 1.62. The molecule has 0 N–H and O–H groups in total. The normalized spacial score (nSPS) is 15.1. The van der Waals surface area contributed by atoms with Crippen LogP contribution in [0.2, 0.25) is 0 Å². The first-order valence-electron chi connectivity index (χ1n) is 12.2. The zero-order chi connectivity index (χ0) is 25.5. The first-order chi connectivity index (χ1) is 16.5. The molecule has 7 nitrogen and oxygen atoms in total. The number of hydrogen-bond donors (Lipinski definition) is 0. The molecule has 0 unspecified atom stereocenters. The highest BCUT2D eigenvalue weighted by molar-refractivity contribution is 7.86. The van der Waals surface area contributed by atoms with Gasteiger partial charge in [0.2, 0.25) is 0 Å². The van der Waals surface area contributed by atoms with Gasteiger partial charge in [0.05, 0.1) is 18.1 Å². The van der Waals surface area contributed by atoms with Gasteiger partial charge >= 0.3 is 6.09 Å². The minimum Gasteiger partial charge on any atom is -0.493 e. The molecular weight excluding hydrogens is 466 g/mol. The summed E-state index contributed by atoms with van der Waals surface area (Å²) in [4.78, 5) is 14.1. The molecule has 1 heterocycles. The number of piperidine rings is 1. The van der Waals surface area contributed by atoms with Gasteiger partial charge in [-0.05, 0) is 89.1 Å². The third-order valence-corrected chi connectivity index (χ3v) is 7.16. The second kappa shape index (κ2) is 11.9. The molecule has 1 saturated heterocycles. The number of amides is 1. The van der Waals surface area contributed by atoms with E-state index in [1.807, 2.05) is 52.0 Å². The topological polar surface area (TPSA) is 82.1 Å². The first-order valence-corrected chi connectivity index (χ1v) is 13.6. The quantitative estimate of drug-likeness (QED) is 0.338. The number of benzene rings is 2. The Labute approximate surface area is 209 Å². The molecule has 0 bridgehead atoms. The van der Waals surface area contributed by atoms with E-state index < -0.39 is 15.7 Å². The molecule has 1 aliphatic rings. The lowest BCUT2D eigenvalue weighted by Gasteiger charge is -2.33. The monoisotopic (exact) mass is 503 g/mol. The van der Waals surface area contributed by atoms with Crippen molar-refractivity contribution < 1.29 is 26.9 Å². The van der Waals surface area contributed by atoms with Crippen LogP contribution in [0, 0.1) is 12.8 Å². The predicted octanol–water partition coefficient (Wildman–Crippen LogP) is 5.36. The van der Waals surface area contributed by atoms with Gasteiger partial charge in [-0.1, -0.05) is 29.8 Å². The minimum absolute atomic E-state index is 0.135. The van der Waals surface area contributed by atoms with Crippen LogP contribution in [0.1, 0.15) is 51.2 Å². The predicted molar refractivity (Wildman–Crippen MR) is 135 cm³/mol. The van der Waals surface area contributed by atoms with Gasteiger partial charge in [-0.15, -0.1) is 0 Å². The van der Waals surface area contributed by atoms with Gasteiger partial charge < -0.3 is 14.4 Å². The maximum atomic E-state index is 12.2. The summed E-state index contributed by atoms with van der Waals surface area (Å²) in [6.45, 7) is 9.66. The van der Waals surface area contributed by atoms with Crippen molar-refractivity contribution in [3.63, 3.8) is 0 Å². The van der Waals surface area contributed by atoms with Crippen molar-refractivity contribution in [2.24, 2.45) is 5.92 Å². The highest BCUT2D eigenvalue weighted by atomic mass is 32.2. The molecule has 2 aromatic rings. The average molecular weight is 504 g/mol. The number of likely N-dealkylation sites (tertiary alicyclic amines) is 1. The van der Waals surface area contributed by atoms with Crippen LogP contribution in [-0.2, 0) is 25.5 Å². The van der Waals surface area contributed by atoms with Crippen molar-refractivity contribution in [1.82, 2.24) is 4.90 Å². The van der Waals surface area contributed by atoms with Crippen LogP contribution in [0.15, 0.2) is 53.4 Å². The van der Waals surface area contributed by atoms with Crippen LogP contribution < -0.4 is 4.74 Å². The lowest BCUT2D eigenvalue weighted by atomic mass is 9.98. The molecule has 0 radical (unpaired) electrons. The largest absolute Gasteiger partial charge is 0.493 e. The van der Waals surface area contributed by atoms with Gasteiger partial charge in [0.25, 0.3) is 10.1 Å². The summed E-state index contributed by atoms with van der Waals surface area (Å²) < 4.78 is 41.1. The van der Waals surface area contributed by atoms with Gasteiger partial charge in [-0.3, -0.25) is 4.18 Å². The molecule has 1 aliphatic heterocycles. The number of carbonyl (C=O) groups excluding carboxylic acids is 1. The Bertz CT molecular complexity index is 1050. The van der Waals surface area contributed by atoms with E-state index in [1.165, 1.54) is 0 Å². The first kappa shape index (κ1) is 27.0. The second-order valence-corrected chi connectivity index (χ2v) is 11.7. The van der Waals surface area contributed by atoms with Gasteiger partial charge in [0, 0.05) is 13.1 Å². The summed E-state index contributed by atoms with van der Waals surface area (Å²) in [5.74, 6) is 1.21. The van der Waals surface area contributed by atoms with Crippen LogP contribution in [0.3, 0.4) is 0 Å². The van der Waals surface area contributed by atoms with E-state index in [0.29, 0.717) is 38.5 Å². The second-order valence-electron chi connectivity index (χ2n) is 10.1. The SMILES string of the molecule is Cc1ccc(S(=O)(=O)OCCCc2ccc(OCC3CCN(C(=O)OC(C)(C)C)CC3)cc2)cc1. The standard InChI is InChI=1S/C27H37NO6S/c1-21-7-13-25(14-8-21)35(30,31)33-19-5-6-22-9-11-24(12-10-22)32-20-23-15-17-28(18-16-23)26(29)34-27(2,3)4/h7-14,23H,5-6,15-20H2,1-4H3. The molecule has 2 aromatic carbocycles. The zero-order valence-electron chi connectivity index (χ0n) is 21.2. The molecule has 1 fully saturated rings. The molecule has 192 valence electrons. The molecular formula is C27H37NO6S. The molecule has 8 heteroatoms. The van der Waals surface area contributed by atoms with Crippen molar-refractivity contribution in [2.75, 3.05) is 26.3 Å². The van der Waals surface area contributed by atoms with Crippen LogP contribution in [0.4, 0.5) is 4.79 Å². The fourth-order valence-corrected chi connectivity index (χ4v) is 4.74. The number of rotatable bonds is 9. The molecule has 0 atom stereocenters. The fraction of sp³-hybridized carbons (Fsp3) is 0.519. The van der Waals surface area contributed by atoms with Gasteiger partial charge in [0.15, 0.2) is 0 Å². The number of carbonyl (C=O) groups is 1. The van der Waals surface area contributed by atoms with Crippen molar-refractivity contribution in [3.05, 3.63) is 59.7 Å². The van der Waals surface area contributed by atoms with E-state index in [4.69, 9.17) is 13.7 Å². The Morgan fingerprint density at radius 1 is 1.00 bits per heavy atom. The third-order valence-electron chi connectivity index (χ3n) is 5.83. The zero-order valence-corrected chi connectivity index (χ0v) is 22.0. The smallest absolute Gasteiger partial charge is 0.410 e. The van der Waals surface area contributed by atoms with E-state index in [9.17, 15) is 13.2 Å². The van der Waals surface area contributed by atoms with Crippen LogP contribution in [-0.4, -0.2) is 51.3 Å². The molecule has 0 saturated carbocycles. The van der Waals surface area contributed by atoms with Gasteiger partial charge in [0.1, 0.15) is 11.4 Å². The van der Waals surface area contributed by atoms with Gasteiger partial charge in [-0.2, -0.15) is 8.42 Å². The van der Waals surface area contributed by atoms with E-state index in [0.717, 1.165) is 29.7 Å². The number of aryl methyl sites for hydroxylation is 2. The molecule has 0 aliphatic carbocycles. The average Bonchev–Trinajstić information content (AvgIpc) is 2.81. The maximum Gasteiger partial charge on any atom is 0.410 e. The number of hydrogen-bond acceptors (Lipinski definition) is 6. The highest BCUT2D eigenvalue weighted by Crippen LogP contribution is 2.22. The fourth-order valence-electron chi connectivity index (χ4n) is 3.79. The summed E-state index contributed by atoms with van der Waals surface area (Å²) in [7, 11) is -3.72. The van der Waals surface area contributed by atoms with Crippen molar-refractivity contribution >= 4 is 16.2 Å². The van der Waals surface area contributed by atoms with Crippen molar-refractivity contribution in [3.8, 4) is 5.75 Å². The lowest BCUT2D eigenvalue weighted by molar-refractivity contribution is 0.0165. The summed E-state index contributed by atoms with van der Waals surface area (Å²) in [6, 6.07) is 14.5. The Balaban J connectivity index is 1.35. The van der Waals surface area contributed by atoms with Crippen molar-refractivity contribution in [2.45, 2.75) is 63.9 Å². The minimum atomic E-state index is -3.72. The maximum absolute atomic E-state index is 12.2. The van der Waals surface area contributed by atoms with E-state index >= 15 is 0 Å². The molecule has 3 rings (SSSR count). The summed E-state index contributed by atoms with van der Waals surface area (Å²) >= 11 is 0. The van der Waals surface area contributed by atoms with Crippen LogP contribution in [0.25, 0.3) is 0 Å². The molecule has 0 spiro atoms. The Morgan fingerprint density at radius 3 is 2.23 bits per heavy atom. The van der Waals surface area contributed by atoms with Gasteiger partial charge in [-0.25, -0.2) is 4.79 Å². The molecule has 0 aromatic heterocycles. The number of ether oxygens (including phenoxy) is 2. The van der Waals surface area contributed by atoms with Crippen LogP contribution in [0.5, 0.6) is 5.75 Å². The summed E-state index contributed by atoms with van der Waals surface area (Å²) in [5, 5.41) is 0. The Morgan fingerprint density at radius 2 is 1.63 bits per heavy atom. The highest BCUT2D eigenvalue weighted by Gasteiger charge is 2.27. The van der Waals surface area contributed by atoms with Crippen molar-refractivity contribution in [1.29, 1.82) is 0 Å². The Hall–Kier alpha value is -2.58. The Kier molecular flexibility index (Phi) is 9.19. The van der Waals surface area contributed by atoms with E-state index in [1.54, 1.807) is 29.2 Å². The van der Waals surface area contributed by atoms with E-state index in [-0.39, 0.29) is 17.6 Å². The number of nitrogens with zero attached hydrogens (tertiary/aromatic N) is 1. The van der Waals surface area contributed by atoms with E-state index in [2.05, 4.69) is 0 Å². The van der Waals surface area contributed by atoms with Crippen LogP contribution >= 0.6 is 0 Å². The molecule has 35 heavy (non-hydrogen) atoms.